The molecule has 1 unspecified atom stereocenters. The number of carbonyl (C=O) groups is 2. The summed E-state index contributed by atoms with van der Waals surface area (Å²) in [7, 11) is 0. The van der Waals surface area contributed by atoms with E-state index >= 15 is 0 Å². The summed E-state index contributed by atoms with van der Waals surface area (Å²) in [5, 5.41) is 3.97. The molecule has 1 N–H and O–H groups in total. The lowest BCUT2D eigenvalue weighted by Crippen LogP contribution is -2.30. The molecule has 3 aromatic rings. The molecule has 1 aliphatic carbocycles. The Labute approximate surface area is 184 Å². The zero-order chi connectivity index (χ0) is 21.3. The van der Waals surface area contributed by atoms with Crippen LogP contribution in [0.2, 0.25) is 10.0 Å². The van der Waals surface area contributed by atoms with Gasteiger partial charge in [-0.05, 0) is 56.4 Å². The summed E-state index contributed by atoms with van der Waals surface area (Å²) in [5.74, 6) is -1.01. The molecule has 154 valence electrons. The Morgan fingerprint density at radius 2 is 1.83 bits per heavy atom. The monoisotopic (exact) mass is 442 g/mol. The Bertz CT molecular complexity index is 1150. The molecule has 4 rings (SSSR count). The summed E-state index contributed by atoms with van der Waals surface area (Å²) < 4.78 is 5.56. The van der Waals surface area contributed by atoms with E-state index in [0.29, 0.717) is 16.3 Å². The molecule has 5 nitrogen and oxygen atoms in total. The summed E-state index contributed by atoms with van der Waals surface area (Å²) in [5.41, 5.74) is 3.50. The molecule has 0 aliphatic heterocycles. The van der Waals surface area contributed by atoms with Crippen LogP contribution in [-0.4, -0.2) is 23.0 Å². The fourth-order valence-electron chi connectivity index (χ4n) is 3.71. The van der Waals surface area contributed by atoms with Gasteiger partial charge in [-0.1, -0.05) is 47.5 Å². The Balaban J connectivity index is 1.60. The number of fused-ring (bicyclic) bond motifs is 2. The molecular weight excluding hydrogens is 423 g/mol. The van der Waals surface area contributed by atoms with Gasteiger partial charge in [-0.2, -0.15) is 0 Å². The topological polar surface area (TPSA) is 68.3 Å². The SMILES string of the molecule is CC(OC(=O)c1c2c(nc3ccccc13)CCCC2)C(=O)Nc1cccc(Cl)c1Cl. The number of esters is 1. The minimum atomic E-state index is -1.02. The number of halogens is 2. The van der Waals surface area contributed by atoms with Gasteiger partial charge in [0.25, 0.3) is 5.91 Å². The second-order valence-electron chi connectivity index (χ2n) is 7.27. The number of hydrogen-bond donors (Lipinski definition) is 1. The van der Waals surface area contributed by atoms with Crippen LogP contribution in [0.3, 0.4) is 0 Å². The average molecular weight is 443 g/mol. The fraction of sp³-hybridized carbons (Fsp3) is 0.261. The van der Waals surface area contributed by atoms with Gasteiger partial charge in [0.05, 0.1) is 26.8 Å². The van der Waals surface area contributed by atoms with Crippen molar-refractivity contribution in [3.8, 4) is 0 Å². The Kier molecular flexibility index (Phi) is 5.93. The van der Waals surface area contributed by atoms with E-state index in [-0.39, 0.29) is 5.02 Å². The van der Waals surface area contributed by atoms with E-state index in [0.717, 1.165) is 47.8 Å². The summed E-state index contributed by atoms with van der Waals surface area (Å²) >= 11 is 12.1. The summed E-state index contributed by atoms with van der Waals surface area (Å²) in [6.45, 7) is 1.53. The van der Waals surface area contributed by atoms with Crippen LogP contribution < -0.4 is 5.32 Å². The molecule has 0 saturated carbocycles. The zero-order valence-corrected chi connectivity index (χ0v) is 17.9. The van der Waals surface area contributed by atoms with Crippen LogP contribution in [0.25, 0.3) is 10.9 Å². The summed E-state index contributed by atoms with van der Waals surface area (Å²) in [6, 6.07) is 12.4. The number of amides is 1. The van der Waals surface area contributed by atoms with E-state index in [1.165, 1.54) is 6.92 Å². The van der Waals surface area contributed by atoms with Crippen LogP contribution in [0, 0.1) is 0 Å². The van der Waals surface area contributed by atoms with Gasteiger partial charge in [0.2, 0.25) is 0 Å². The average Bonchev–Trinajstić information content (AvgIpc) is 2.75. The molecule has 7 heteroatoms. The molecule has 0 spiro atoms. The number of nitrogens with zero attached hydrogens (tertiary/aromatic N) is 1. The van der Waals surface area contributed by atoms with E-state index in [1.807, 2.05) is 24.3 Å². The number of para-hydroxylation sites is 1. The first-order chi connectivity index (χ1) is 14.5. The van der Waals surface area contributed by atoms with E-state index in [1.54, 1.807) is 18.2 Å². The number of nitrogens with one attached hydrogen (secondary N) is 1. The molecule has 0 fully saturated rings. The number of pyridine rings is 1. The number of anilines is 1. The number of rotatable bonds is 4. The summed E-state index contributed by atoms with van der Waals surface area (Å²) in [4.78, 5) is 30.5. The minimum absolute atomic E-state index is 0.236. The first-order valence-electron chi connectivity index (χ1n) is 9.82. The van der Waals surface area contributed by atoms with Crippen molar-refractivity contribution in [1.82, 2.24) is 4.98 Å². The van der Waals surface area contributed by atoms with E-state index in [2.05, 4.69) is 5.32 Å². The van der Waals surface area contributed by atoms with Gasteiger partial charge in [-0.25, -0.2) is 4.79 Å². The van der Waals surface area contributed by atoms with E-state index in [9.17, 15) is 9.59 Å². The van der Waals surface area contributed by atoms with Crippen molar-refractivity contribution in [2.45, 2.75) is 38.7 Å². The molecule has 1 aromatic heterocycles. The normalized spacial score (nSPS) is 14.1. The highest BCUT2D eigenvalue weighted by atomic mass is 35.5. The van der Waals surface area contributed by atoms with Crippen molar-refractivity contribution in [3.63, 3.8) is 0 Å². The third-order valence-electron chi connectivity index (χ3n) is 5.24. The number of hydrogen-bond acceptors (Lipinski definition) is 4. The maximum Gasteiger partial charge on any atom is 0.339 e. The zero-order valence-electron chi connectivity index (χ0n) is 16.4. The molecule has 2 aromatic carbocycles. The number of aromatic nitrogens is 1. The molecule has 30 heavy (non-hydrogen) atoms. The number of carbonyl (C=O) groups excluding carboxylic acids is 2. The first kappa shape index (κ1) is 20.6. The van der Waals surface area contributed by atoms with Crippen molar-refractivity contribution in [3.05, 3.63) is 69.3 Å². The highest BCUT2D eigenvalue weighted by Gasteiger charge is 2.26. The standard InChI is InChI=1S/C23H20Cl2N2O3/c1-13(22(28)27-19-12-6-9-16(24)21(19)25)30-23(29)20-14-7-2-4-10-17(14)26-18-11-5-3-8-15(18)20/h2,4,6-7,9-10,12-13H,3,5,8,11H2,1H3,(H,27,28). The summed E-state index contributed by atoms with van der Waals surface area (Å²) in [6.07, 6.45) is 2.64. The first-order valence-corrected chi connectivity index (χ1v) is 10.6. The maximum atomic E-state index is 13.1. The van der Waals surface area contributed by atoms with Crippen molar-refractivity contribution in [2.75, 3.05) is 5.32 Å². The molecule has 0 bridgehead atoms. The molecule has 0 radical (unpaired) electrons. The second kappa shape index (κ2) is 8.62. The quantitative estimate of drug-likeness (QED) is 0.533. The molecule has 1 aliphatic rings. The van der Waals surface area contributed by atoms with Crippen LogP contribution >= 0.6 is 23.2 Å². The van der Waals surface area contributed by atoms with Gasteiger partial charge in [0.1, 0.15) is 0 Å². The number of ether oxygens (including phenoxy) is 1. The minimum Gasteiger partial charge on any atom is -0.449 e. The van der Waals surface area contributed by atoms with Crippen LogP contribution in [-0.2, 0) is 22.4 Å². The fourth-order valence-corrected chi connectivity index (χ4v) is 4.06. The Morgan fingerprint density at radius 3 is 2.67 bits per heavy atom. The van der Waals surface area contributed by atoms with Crippen molar-refractivity contribution < 1.29 is 14.3 Å². The number of benzene rings is 2. The van der Waals surface area contributed by atoms with Gasteiger partial charge in [-0.15, -0.1) is 0 Å². The van der Waals surface area contributed by atoms with Crippen LogP contribution in [0.15, 0.2) is 42.5 Å². The van der Waals surface area contributed by atoms with Crippen LogP contribution in [0.1, 0.15) is 41.4 Å². The smallest absolute Gasteiger partial charge is 0.339 e. The third-order valence-corrected chi connectivity index (χ3v) is 6.05. The molecule has 0 saturated heterocycles. The molecular formula is C23H20Cl2N2O3. The molecule has 1 atom stereocenters. The van der Waals surface area contributed by atoms with Gasteiger partial charge >= 0.3 is 5.97 Å². The van der Waals surface area contributed by atoms with Crippen LogP contribution in [0.5, 0.6) is 0 Å². The van der Waals surface area contributed by atoms with Crippen LogP contribution in [0.4, 0.5) is 5.69 Å². The van der Waals surface area contributed by atoms with Crippen molar-refractivity contribution >= 4 is 51.7 Å². The molecule has 1 amide bonds. The predicted molar refractivity (Wildman–Crippen MR) is 118 cm³/mol. The van der Waals surface area contributed by atoms with Crippen molar-refractivity contribution in [1.29, 1.82) is 0 Å². The molecule has 1 heterocycles. The second-order valence-corrected chi connectivity index (χ2v) is 8.06. The largest absolute Gasteiger partial charge is 0.449 e. The number of aryl methyl sites for hydroxylation is 1. The van der Waals surface area contributed by atoms with Gasteiger partial charge in [-0.3, -0.25) is 9.78 Å². The van der Waals surface area contributed by atoms with Gasteiger partial charge in [0, 0.05) is 11.1 Å². The highest BCUT2D eigenvalue weighted by Crippen LogP contribution is 2.31. The van der Waals surface area contributed by atoms with E-state index < -0.39 is 18.0 Å². The lowest BCUT2D eigenvalue weighted by Gasteiger charge is -2.21. The Morgan fingerprint density at radius 1 is 1.07 bits per heavy atom. The lowest BCUT2D eigenvalue weighted by atomic mass is 9.90. The highest BCUT2D eigenvalue weighted by molar-refractivity contribution is 6.44. The van der Waals surface area contributed by atoms with Gasteiger partial charge in [0.15, 0.2) is 6.10 Å². The maximum absolute atomic E-state index is 13.1. The van der Waals surface area contributed by atoms with Gasteiger partial charge < -0.3 is 10.1 Å². The lowest BCUT2D eigenvalue weighted by molar-refractivity contribution is -0.123. The predicted octanol–water partition coefficient (Wildman–Crippen LogP) is 5.60. The Hall–Kier alpha value is -2.63. The van der Waals surface area contributed by atoms with Crippen molar-refractivity contribution in [2.24, 2.45) is 0 Å². The third kappa shape index (κ3) is 4.00. The van der Waals surface area contributed by atoms with E-state index in [4.69, 9.17) is 32.9 Å².